The molecule has 0 aliphatic carbocycles. The predicted octanol–water partition coefficient (Wildman–Crippen LogP) is 2.33. The van der Waals surface area contributed by atoms with Crippen LogP contribution in [-0.4, -0.2) is 18.8 Å². The summed E-state index contributed by atoms with van der Waals surface area (Å²) in [7, 11) is 1.48. The number of ether oxygens (including phenoxy) is 1. The topological polar surface area (TPSA) is 79.2 Å². The molecule has 0 saturated carbocycles. The molecule has 0 aliphatic heterocycles. The molecule has 116 valence electrons. The minimum Gasteiger partial charge on any atom is -0.497 e. The van der Waals surface area contributed by atoms with Gasteiger partial charge in [0.2, 0.25) is 5.91 Å². The number of nitrogens with zero attached hydrogens (tertiary/aromatic N) is 1. The summed E-state index contributed by atoms with van der Waals surface area (Å²) in [6.07, 6.45) is 0. The number of nitriles is 1. The predicted molar refractivity (Wildman–Crippen MR) is 84.7 cm³/mol. The van der Waals surface area contributed by atoms with Crippen molar-refractivity contribution in [2.75, 3.05) is 7.11 Å². The number of methoxy groups -OCH3 is 1. The van der Waals surface area contributed by atoms with Crippen LogP contribution in [-0.2, 0) is 11.3 Å². The van der Waals surface area contributed by atoms with Crippen molar-refractivity contribution >= 4 is 11.7 Å². The van der Waals surface area contributed by atoms with Gasteiger partial charge in [-0.05, 0) is 17.7 Å². The molecule has 0 radical (unpaired) electrons. The number of amides is 1. The van der Waals surface area contributed by atoms with Crippen molar-refractivity contribution in [1.29, 1.82) is 5.26 Å². The highest BCUT2D eigenvalue weighted by Gasteiger charge is 2.27. The second kappa shape index (κ2) is 7.76. The lowest BCUT2D eigenvalue weighted by molar-refractivity contribution is -0.122. The van der Waals surface area contributed by atoms with Crippen molar-refractivity contribution in [3.63, 3.8) is 0 Å². The fourth-order valence-corrected chi connectivity index (χ4v) is 2.07. The lowest BCUT2D eigenvalue weighted by Gasteiger charge is -2.10. The minimum atomic E-state index is -1.38. The molecule has 2 rings (SSSR count). The third kappa shape index (κ3) is 4.17. The smallest absolute Gasteiger partial charge is 0.245 e. The summed E-state index contributed by atoms with van der Waals surface area (Å²) in [5.41, 5.74) is 1.16. The van der Waals surface area contributed by atoms with Crippen LogP contribution in [0.1, 0.15) is 15.9 Å². The number of hydrogen-bond donors (Lipinski definition) is 1. The zero-order chi connectivity index (χ0) is 16.7. The van der Waals surface area contributed by atoms with E-state index in [4.69, 9.17) is 4.74 Å². The van der Waals surface area contributed by atoms with Crippen LogP contribution in [0.5, 0.6) is 5.75 Å². The van der Waals surface area contributed by atoms with Gasteiger partial charge in [0.15, 0.2) is 11.7 Å². The summed E-state index contributed by atoms with van der Waals surface area (Å²) >= 11 is 0. The van der Waals surface area contributed by atoms with Crippen LogP contribution in [0.2, 0.25) is 0 Å². The third-order valence-corrected chi connectivity index (χ3v) is 3.32. The first-order chi connectivity index (χ1) is 11.2. The first-order valence-electron chi connectivity index (χ1n) is 7.05. The third-order valence-electron chi connectivity index (χ3n) is 3.32. The van der Waals surface area contributed by atoms with Crippen LogP contribution in [0.3, 0.4) is 0 Å². The molecule has 0 aromatic heterocycles. The normalized spacial score (nSPS) is 11.1. The van der Waals surface area contributed by atoms with E-state index in [2.05, 4.69) is 5.32 Å². The van der Waals surface area contributed by atoms with Crippen molar-refractivity contribution in [3.8, 4) is 11.8 Å². The summed E-state index contributed by atoms with van der Waals surface area (Å²) in [6.45, 7) is 0.267. The number of nitrogens with one attached hydrogen (secondary N) is 1. The highest BCUT2D eigenvalue weighted by molar-refractivity contribution is 6.12. The molecular weight excluding hydrogens is 292 g/mol. The maximum absolute atomic E-state index is 12.4. The Morgan fingerprint density at radius 3 is 2.57 bits per heavy atom. The Kier molecular flexibility index (Phi) is 5.48. The van der Waals surface area contributed by atoms with Crippen LogP contribution in [0.15, 0.2) is 54.6 Å². The first-order valence-corrected chi connectivity index (χ1v) is 7.05. The molecule has 2 aromatic carbocycles. The molecule has 1 atom stereocenters. The Morgan fingerprint density at radius 1 is 1.17 bits per heavy atom. The fraction of sp³-hybridized carbons (Fsp3) is 0.167. The molecule has 0 bridgehead atoms. The van der Waals surface area contributed by atoms with Crippen molar-refractivity contribution < 1.29 is 14.3 Å². The van der Waals surface area contributed by atoms with E-state index >= 15 is 0 Å². The molecule has 1 unspecified atom stereocenters. The molecule has 0 saturated heterocycles. The van der Waals surface area contributed by atoms with Crippen LogP contribution in [0, 0.1) is 17.2 Å². The quantitative estimate of drug-likeness (QED) is 0.656. The average Bonchev–Trinajstić information content (AvgIpc) is 2.61. The van der Waals surface area contributed by atoms with Gasteiger partial charge in [-0.1, -0.05) is 42.5 Å². The molecule has 1 N–H and O–H groups in total. The second-order valence-corrected chi connectivity index (χ2v) is 4.86. The van der Waals surface area contributed by atoms with E-state index in [1.807, 2.05) is 30.3 Å². The lowest BCUT2D eigenvalue weighted by Crippen LogP contribution is -2.34. The summed E-state index contributed by atoms with van der Waals surface area (Å²) in [6, 6.07) is 17.4. The highest BCUT2D eigenvalue weighted by Crippen LogP contribution is 2.16. The number of ketones is 1. The Balaban J connectivity index is 2.07. The molecule has 5 nitrogen and oxygen atoms in total. The molecule has 0 heterocycles. The van der Waals surface area contributed by atoms with Gasteiger partial charge < -0.3 is 10.1 Å². The maximum atomic E-state index is 12.4. The summed E-state index contributed by atoms with van der Waals surface area (Å²) in [5.74, 6) is -2.04. The lowest BCUT2D eigenvalue weighted by atomic mass is 9.98. The number of Topliss-reactive ketones (excluding diaryl/α,β-unsaturated/α-hetero) is 1. The standard InChI is InChI=1S/C18H16N2O3/c1-23-15-9-5-8-14(10-15)17(21)16(11-19)18(22)20-12-13-6-3-2-4-7-13/h2-10,16H,12H2,1H3,(H,20,22). The first kappa shape index (κ1) is 16.2. The summed E-state index contributed by atoms with van der Waals surface area (Å²) in [5, 5.41) is 11.8. The van der Waals surface area contributed by atoms with Crippen LogP contribution in [0.25, 0.3) is 0 Å². The van der Waals surface area contributed by atoms with Crippen molar-refractivity contribution in [3.05, 3.63) is 65.7 Å². The molecular formula is C18H16N2O3. The summed E-state index contributed by atoms with van der Waals surface area (Å²) < 4.78 is 5.05. The van der Waals surface area contributed by atoms with Crippen molar-refractivity contribution in [2.24, 2.45) is 5.92 Å². The van der Waals surface area contributed by atoms with Crippen LogP contribution in [0.4, 0.5) is 0 Å². The largest absolute Gasteiger partial charge is 0.497 e. The number of carbonyl (C=O) groups excluding carboxylic acids is 2. The van der Waals surface area contributed by atoms with Gasteiger partial charge in [0.25, 0.3) is 0 Å². The molecule has 23 heavy (non-hydrogen) atoms. The van der Waals surface area contributed by atoms with E-state index in [1.54, 1.807) is 24.3 Å². The fourth-order valence-electron chi connectivity index (χ4n) is 2.07. The van der Waals surface area contributed by atoms with Gasteiger partial charge in [-0.3, -0.25) is 9.59 Å². The molecule has 0 fully saturated rings. The van der Waals surface area contributed by atoms with Gasteiger partial charge in [-0.2, -0.15) is 5.26 Å². The number of rotatable bonds is 6. The Hall–Kier alpha value is -3.13. The van der Waals surface area contributed by atoms with E-state index in [-0.39, 0.29) is 12.1 Å². The van der Waals surface area contributed by atoms with Gasteiger partial charge in [0.05, 0.1) is 13.2 Å². The second-order valence-electron chi connectivity index (χ2n) is 4.86. The van der Waals surface area contributed by atoms with E-state index < -0.39 is 17.6 Å². The van der Waals surface area contributed by atoms with Crippen molar-refractivity contribution in [2.45, 2.75) is 6.54 Å². The van der Waals surface area contributed by atoms with Gasteiger partial charge in [0, 0.05) is 12.1 Å². The van der Waals surface area contributed by atoms with E-state index in [0.29, 0.717) is 5.75 Å². The Morgan fingerprint density at radius 2 is 1.91 bits per heavy atom. The van der Waals surface area contributed by atoms with E-state index in [1.165, 1.54) is 13.2 Å². The SMILES string of the molecule is COc1cccc(C(=O)C(C#N)C(=O)NCc2ccccc2)c1. The monoisotopic (exact) mass is 308 g/mol. The van der Waals surface area contributed by atoms with Crippen LogP contribution < -0.4 is 10.1 Å². The average molecular weight is 308 g/mol. The highest BCUT2D eigenvalue weighted by atomic mass is 16.5. The Labute approximate surface area is 134 Å². The number of hydrogen-bond acceptors (Lipinski definition) is 4. The van der Waals surface area contributed by atoms with E-state index in [9.17, 15) is 14.9 Å². The van der Waals surface area contributed by atoms with Gasteiger partial charge in [0.1, 0.15) is 5.75 Å². The van der Waals surface area contributed by atoms with Gasteiger partial charge in [-0.25, -0.2) is 0 Å². The molecule has 0 aliphatic rings. The van der Waals surface area contributed by atoms with Crippen molar-refractivity contribution in [1.82, 2.24) is 5.32 Å². The zero-order valence-electron chi connectivity index (χ0n) is 12.7. The van der Waals surface area contributed by atoms with Gasteiger partial charge in [-0.15, -0.1) is 0 Å². The van der Waals surface area contributed by atoms with Gasteiger partial charge >= 0.3 is 0 Å². The Bertz CT molecular complexity index is 735. The molecule has 2 aromatic rings. The maximum Gasteiger partial charge on any atom is 0.245 e. The number of carbonyl (C=O) groups is 2. The molecule has 1 amide bonds. The summed E-state index contributed by atoms with van der Waals surface area (Å²) in [4.78, 5) is 24.5. The molecule has 5 heteroatoms. The zero-order valence-corrected chi connectivity index (χ0v) is 12.7. The van der Waals surface area contributed by atoms with E-state index in [0.717, 1.165) is 5.56 Å². The van der Waals surface area contributed by atoms with Crippen LogP contribution >= 0.6 is 0 Å². The number of benzene rings is 2. The minimum absolute atomic E-state index is 0.267. The molecule has 0 spiro atoms.